The SMILES string of the molecule is C[C@@H](Sc1nnc(C[C@H]2CCS(=O)(=O)C2)n1C)C(=O)NC1CCCCCC1. The zero-order chi connectivity index (χ0) is 19.4. The average molecular weight is 415 g/mol. The van der Waals surface area contributed by atoms with E-state index >= 15 is 0 Å². The summed E-state index contributed by atoms with van der Waals surface area (Å²) in [4.78, 5) is 12.5. The van der Waals surface area contributed by atoms with E-state index in [1.807, 2.05) is 18.5 Å². The van der Waals surface area contributed by atoms with Crippen LogP contribution >= 0.6 is 11.8 Å². The van der Waals surface area contributed by atoms with Gasteiger partial charge in [-0.1, -0.05) is 37.4 Å². The highest BCUT2D eigenvalue weighted by molar-refractivity contribution is 8.00. The molecular weight excluding hydrogens is 384 g/mol. The highest BCUT2D eigenvalue weighted by Crippen LogP contribution is 2.26. The van der Waals surface area contributed by atoms with Crippen molar-refractivity contribution < 1.29 is 13.2 Å². The molecule has 1 aliphatic carbocycles. The van der Waals surface area contributed by atoms with Gasteiger partial charge in [0.05, 0.1) is 16.8 Å². The van der Waals surface area contributed by atoms with Crippen LogP contribution in [0.5, 0.6) is 0 Å². The third-order valence-electron chi connectivity index (χ3n) is 5.58. The van der Waals surface area contributed by atoms with Crippen molar-refractivity contribution in [2.45, 2.75) is 74.7 Å². The summed E-state index contributed by atoms with van der Waals surface area (Å²) in [6.07, 6.45) is 8.36. The largest absolute Gasteiger partial charge is 0.352 e. The van der Waals surface area contributed by atoms with Crippen molar-refractivity contribution in [1.82, 2.24) is 20.1 Å². The highest BCUT2D eigenvalue weighted by atomic mass is 32.2. The Kier molecular flexibility index (Phi) is 6.83. The van der Waals surface area contributed by atoms with Gasteiger partial charge in [0, 0.05) is 19.5 Å². The molecule has 9 heteroatoms. The fourth-order valence-corrected chi connectivity index (χ4v) is 6.58. The summed E-state index contributed by atoms with van der Waals surface area (Å²) in [5.41, 5.74) is 0. The van der Waals surface area contributed by atoms with Gasteiger partial charge in [0.2, 0.25) is 5.91 Å². The molecule has 0 bridgehead atoms. The standard InChI is InChI=1S/C18H30N4O3S2/c1-13(17(23)19-15-7-5-3-4-6-8-15)26-18-21-20-16(22(18)2)11-14-9-10-27(24,25)12-14/h13-15H,3-12H2,1-2H3,(H,19,23)/t13-,14-/m1/s1. The van der Waals surface area contributed by atoms with E-state index in [-0.39, 0.29) is 28.6 Å². The first kappa shape index (κ1) is 20.6. The molecule has 27 heavy (non-hydrogen) atoms. The van der Waals surface area contributed by atoms with Crippen LogP contribution in [0.4, 0.5) is 0 Å². The molecule has 0 aromatic carbocycles. The Labute approximate surface area is 166 Å². The third-order valence-corrected chi connectivity index (χ3v) is 8.55. The Morgan fingerprint density at radius 1 is 1.22 bits per heavy atom. The lowest BCUT2D eigenvalue weighted by Gasteiger charge is -2.19. The number of amides is 1. The van der Waals surface area contributed by atoms with Crippen LogP contribution in [0.1, 0.15) is 57.7 Å². The van der Waals surface area contributed by atoms with Gasteiger partial charge >= 0.3 is 0 Å². The van der Waals surface area contributed by atoms with Gasteiger partial charge in [-0.15, -0.1) is 10.2 Å². The van der Waals surface area contributed by atoms with E-state index in [9.17, 15) is 13.2 Å². The molecule has 0 spiro atoms. The van der Waals surface area contributed by atoms with Crippen LogP contribution in [-0.2, 0) is 28.1 Å². The molecule has 3 rings (SSSR count). The molecule has 2 heterocycles. The summed E-state index contributed by atoms with van der Waals surface area (Å²) in [6.45, 7) is 1.90. The van der Waals surface area contributed by atoms with E-state index < -0.39 is 9.84 Å². The molecule has 7 nitrogen and oxygen atoms in total. The van der Waals surface area contributed by atoms with Crippen molar-refractivity contribution in [3.63, 3.8) is 0 Å². The minimum absolute atomic E-state index is 0.0540. The van der Waals surface area contributed by atoms with Gasteiger partial charge < -0.3 is 9.88 Å². The fraction of sp³-hybridized carbons (Fsp3) is 0.833. The lowest BCUT2D eigenvalue weighted by atomic mass is 10.1. The first-order chi connectivity index (χ1) is 12.8. The second-order valence-corrected chi connectivity index (χ2v) is 11.4. The van der Waals surface area contributed by atoms with E-state index in [0.717, 1.165) is 18.7 Å². The molecule has 152 valence electrons. The Hall–Kier alpha value is -1.09. The average Bonchev–Trinajstić information content (AvgIpc) is 3.00. The normalized spacial score (nSPS) is 24.4. The molecule has 1 aromatic heterocycles. The van der Waals surface area contributed by atoms with Gasteiger partial charge in [-0.05, 0) is 32.1 Å². The third kappa shape index (κ3) is 5.70. The maximum Gasteiger partial charge on any atom is 0.233 e. The summed E-state index contributed by atoms with van der Waals surface area (Å²) < 4.78 is 25.2. The number of nitrogens with zero attached hydrogens (tertiary/aromatic N) is 3. The van der Waals surface area contributed by atoms with E-state index in [0.29, 0.717) is 24.0 Å². The number of aromatic nitrogens is 3. The van der Waals surface area contributed by atoms with Crippen molar-refractivity contribution in [1.29, 1.82) is 0 Å². The maximum atomic E-state index is 12.5. The zero-order valence-electron chi connectivity index (χ0n) is 16.2. The molecule has 1 N–H and O–H groups in total. The van der Waals surface area contributed by atoms with Crippen LogP contribution in [0.15, 0.2) is 5.16 Å². The Morgan fingerprint density at radius 3 is 2.56 bits per heavy atom. The van der Waals surface area contributed by atoms with Gasteiger partial charge in [0.1, 0.15) is 5.82 Å². The second kappa shape index (κ2) is 8.94. The van der Waals surface area contributed by atoms with Crippen molar-refractivity contribution in [3.05, 3.63) is 5.82 Å². The molecule has 0 unspecified atom stereocenters. The van der Waals surface area contributed by atoms with E-state index in [1.165, 1.54) is 37.4 Å². The Balaban J connectivity index is 1.54. The van der Waals surface area contributed by atoms with Crippen LogP contribution in [0.2, 0.25) is 0 Å². The van der Waals surface area contributed by atoms with Gasteiger partial charge in [0.25, 0.3) is 0 Å². The highest BCUT2D eigenvalue weighted by Gasteiger charge is 2.29. The second-order valence-electron chi connectivity index (χ2n) is 7.89. The van der Waals surface area contributed by atoms with Gasteiger partial charge in [-0.3, -0.25) is 4.79 Å². The topological polar surface area (TPSA) is 93.9 Å². The van der Waals surface area contributed by atoms with Crippen molar-refractivity contribution >= 4 is 27.5 Å². The number of thioether (sulfide) groups is 1. The number of sulfone groups is 1. The summed E-state index contributed by atoms with van der Waals surface area (Å²) >= 11 is 1.41. The molecule has 1 saturated heterocycles. The number of hydrogen-bond donors (Lipinski definition) is 1. The van der Waals surface area contributed by atoms with Crippen LogP contribution in [-0.4, -0.2) is 51.9 Å². The lowest BCUT2D eigenvalue weighted by molar-refractivity contribution is -0.121. The molecule has 2 atom stereocenters. The number of hydrogen-bond acceptors (Lipinski definition) is 6. The molecule has 0 radical (unpaired) electrons. The summed E-state index contributed by atoms with van der Waals surface area (Å²) in [5.74, 6) is 1.47. The summed E-state index contributed by atoms with van der Waals surface area (Å²) in [6, 6.07) is 0.294. The Morgan fingerprint density at radius 2 is 1.93 bits per heavy atom. The van der Waals surface area contributed by atoms with Gasteiger partial charge in [-0.25, -0.2) is 8.42 Å². The number of carbonyl (C=O) groups is 1. The number of carbonyl (C=O) groups excluding carboxylic acids is 1. The zero-order valence-corrected chi connectivity index (χ0v) is 17.8. The van der Waals surface area contributed by atoms with E-state index in [1.54, 1.807) is 0 Å². The van der Waals surface area contributed by atoms with E-state index in [4.69, 9.17) is 0 Å². The molecule has 2 aliphatic rings. The quantitative estimate of drug-likeness (QED) is 0.566. The molecular formula is C18H30N4O3S2. The first-order valence-corrected chi connectivity index (χ1v) is 12.6. The van der Waals surface area contributed by atoms with Crippen molar-refractivity contribution in [3.8, 4) is 0 Å². The minimum Gasteiger partial charge on any atom is -0.352 e. The number of nitrogens with one attached hydrogen (secondary N) is 1. The summed E-state index contributed by atoms with van der Waals surface area (Å²) in [5, 5.41) is 12.1. The fourth-order valence-electron chi connectivity index (χ4n) is 3.87. The van der Waals surface area contributed by atoms with Gasteiger partial charge in [0.15, 0.2) is 15.0 Å². The predicted octanol–water partition coefficient (Wildman–Crippen LogP) is 2.11. The molecule has 2 fully saturated rings. The molecule has 1 saturated carbocycles. The minimum atomic E-state index is -2.88. The van der Waals surface area contributed by atoms with Crippen LogP contribution < -0.4 is 5.32 Å². The van der Waals surface area contributed by atoms with Crippen molar-refractivity contribution in [2.24, 2.45) is 13.0 Å². The van der Waals surface area contributed by atoms with Crippen LogP contribution in [0.3, 0.4) is 0 Å². The monoisotopic (exact) mass is 414 g/mol. The van der Waals surface area contributed by atoms with E-state index in [2.05, 4.69) is 15.5 Å². The first-order valence-electron chi connectivity index (χ1n) is 9.90. The maximum absolute atomic E-state index is 12.5. The van der Waals surface area contributed by atoms with Crippen LogP contribution in [0, 0.1) is 5.92 Å². The number of rotatable bonds is 6. The Bertz CT molecular complexity index is 755. The molecule has 1 aromatic rings. The summed E-state index contributed by atoms with van der Waals surface area (Å²) in [7, 11) is -0.998. The van der Waals surface area contributed by atoms with Gasteiger partial charge in [-0.2, -0.15) is 0 Å². The van der Waals surface area contributed by atoms with Crippen molar-refractivity contribution in [2.75, 3.05) is 11.5 Å². The molecule has 1 amide bonds. The smallest absolute Gasteiger partial charge is 0.233 e. The predicted molar refractivity (Wildman–Crippen MR) is 106 cm³/mol. The van der Waals surface area contributed by atoms with Crippen LogP contribution in [0.25, 0.3) is 0 Å². The lowest BCUT2D eigenvalue weighted by Crippen LogP contribution is -2.39. The molecule has 1 aliphatic heterocycles.